The van der Waals surface area contributed by atoms with Crippen molar-refractivity contribution in [3.63, 3.8) is 0 Å². The first-order valence-electron chi connectivity index (χ1n) is 12.3. The molecule has 0 aliphatic rings. The first-order chi connectivity index (χ1) is 16.5. The Balaban J connectivity index is 1.73. The Morgan fingerprint density at radius 1 is 0.824 bits per heavy atom. The lowest BCUT2D eigenvalue weighted by Crippen LogP contribution is -2.21. The summed E-state index contributed by atoms with van der Waals surface area (Å²) < 4.78 is 10.9. The minimum atomic E-state index is -0.872. The van der Waals surface area contributed by atoms with Crippen molar-refractivity contribution in [3.05, 3.63) is 77.1 Å². The van der Waals surface area contributed by atoms with Crippen molar-refractivity contribution in [1.29, 1.82) is 0 Å². The maximum Gasteiger partial charge on any atom is 0.341 e. The SMILES string of the molecule is CCCCCCCCc1ccc(OCCC/C([O-])=C(/C(C)=O)C(=O)OCc2ccccc2)cc1. The molecule has 2 aromatic rings. The number of rotatable bonds is 16. The summed E-state index contributed by atoms with van der Waals surface area (Å²) in [5.41, 5.74) is 1.68. The van der Waals surface area contributed by atoms with Gasteiger partial charge in [-0.25, -0.2) is 4.79 Å². The molecule has 0 aliphatic heterocycles. The number of Topliss-reactive ketones (excluding diaryl/α,β-unsaturated/α-hetero) is 1. The third kappa shape index (κ3) is 10.2. The number of ether oxygens (including phenoxy) is 2. The lowest BCUT2D eigenvalue weighted by atomic mass is 10.0. The highest BCUT2D eigenvalue weighted by Gasteiger charge is 2.17. The van der Waals surface area contributed by atoms with Gasteiger partial charge in [0.15, 0.2) is 5.78 Å². The smallest absolute Gasteiger partial charge is 0.341 e. The van der Waals surface area contributed by atoms with Gasteiger partial charge in [0.2, 0.25) is 0 Å². The predicted octanol–water partition coefficient (Wildman–Crippen LogP) is 5.70. The number of ketones is 1. The van der Waals surface area contributed by atoms with Gasteiger partial charge >= 0.3 is 5.97 Å². The third-order valence-electron chi connectivity index (χ3n) is 5.61. The van der Waals surface area contributed by atoms with Gasteiger partial charge in [0, 0.05) is 0 Å². The molecule has 5 heteroatoms. The van der Waals surface area contributed by atoms with Crippen molar-refractivity contribution in [2.75, 3.05) is 6.61 Å². The molecule has 0 saturated heterocycles. The van der Waals surface area contributed by atoms with Crippen LogP contribution in [0, 0.1) is 0 Å². The zero-order valence-electron chi connectivity index (χ0n) is 20.5. The lowest BCUT2D eigenvalue weighted by molar-refractivity contribution is -0.308. The van der Waals surface area contributed by atoms with Gasteiger partial charge in [-0.3, -0.25) is 4.79 Å². The van der Waals surface area contributed by atoms with Crippen molar-refractivity contribution < 1.29 is 24.2 Å². The highest BCUT2D eigenvalue weighted by Crippen LogP contribution is 2.16. The zero-order valence-corrected chi connectivity index (χ0v) is 20.5. The van der Waals surface area contributed by atoms with E-state index < -0.39 is 23.1 Å². The van der Waals surface area contributed by atoms with Crippen molar-refractivity contribution in [2.24, 2.45) is 0 Å². The molecule has 2 aromatic carbocycles. The van der Waals surface area contributed by atoms with Crippen molar-refractivity contribution in [1.82, 2.24) is 0 Å². The molecule has 0 aromatic heterocycles. The summed E-state index contributed by atoms with van der Waals surface area (Å²) in [7, 11) is 0. The van der Waals surface area contributed by atoms with Crippen LogP contribution in [0.2, 0.25) is 0 Å². The summed E-state index contributed by atoms with van der Waals surface area (Å²) in [5.74, 6) is -1.21. The highest BCUT2D eigenvalue weighted by atomic mass is 16.5. The number of carbonyl (C=O) groups excluding carboxylic acids is 2. The maximum absolute atomic E-state index is 12.5. The number of benzene rings is 2. The summed E-state index contributed by atoms with van der Waals surface area (Å²) in [5, 5.41) is 12.5. The molecule has 0 N–H and O–H groups in total. The predicted molar refractivity (Wildman–Crippen MR) is 132 cm³/mol. The molecular weight excluding hydrogens is 428 g/mol. The summed E-state index contributed by atoms with van der Waals surface area (Å²) in [4.78, 5) is 24.2. The topological polar surface area (TPSA) is 75.7 Å². The Morgan fingerprint density at radius 3 is 2.18 bits per heavy atom. The van der Waals surface area contributed by atoms with E-state index in [1.165, 1.54) is 51.0 Å². The van der Waals surface area contributed by atoms with Crippen molar-refractivity contribution in [3.8, 4) is 5.75 Å². The van der Waals surface area contributed by atoms with Crippen LogP contribution in [-0.4, -0.2) is 18.4 Å². The van der Waals surface area contributed by atoms with E-state index >= 15 is 0 Å². The van der Waals surface area contributed by atoms with Crippen LogP contribution in [0.15, 0.2) is 65.9 Å². The van der Waals surface area contributed by atoms with Crippen LogP contribution < -0.4 is 9.84 Å². The number of hydrogen-bond acceptors (Lipinski definition) is 5. The normalized spacial score (nSPS) is 11.6. The van der Waals surface area contributed by atoms with Crippen LogP contribution in [0.4, 0.5) is 0 Å². The number of aryl methyl sites for hydroxylation is 1. The second-order valence-electron chi connectivity index (χ2n) is 8.53. The Morgan fingerprint density at radius 2 is 1.50 bits per heavy atom. The molecule has 0 aliphatic carbocycles. The Bertz CT molecular complexity index is 900. The largest absolute Gasteiger partial charge is 0.875 e. The van der Waals surface area contributed by atoms with Gasteiger partial charge < -0.3 is 14.6 Å². The van der Waals surface area contributed by atoms with Crippen molar-refractivity contribution in [2.45, 2.75) is 78.2 Å². The van der Waals surface area contributed by atoms with Crippen LogP contribution in [-0.2, 0) is 27.4 Å². The molecule has 0 saturated carbocycles. The Kier molecular flexibility index (Phi) is 12.5. The van der Waals surface area contributed by atoms with E-state index in [4.69, 9.17) is 9.47 Å². The average molecular weight is 466 g/mol. The molecule has 34 heavy (non-hydrogen) atoms. The zero-order chi connectivity index (χ0) is 24.6. The Hall–Kier alpha value is -3.08. The molecule has 0 amide bonds. The van der Waals surface area contributed by atoms with Gasteiger partial charge in [0.1, 0.15) is 12.4 Å². The molecule has 0 atom stereocenters. The molecule has 5 nitrogen and oxygen atoms in total. The molecule has 184 valence electrons. The van der Waals surface area contributed by atoms with Gasteiger partial charge in [0.25, 0.3) is 0 Å². The lowest BCUT2D eigenvalue weighted by Gasteiger charge is -2.17. The minimum absolute atomic E-state index is 0.0156. The molecular formula is C29H37O5-. The standard InChI is InChI=1S/C29H38O5/c1-3-4-5-6-7-9-13-24-17-19-26(20-18-24)33-21-12-16-27(31)28(23(2)30)29(32)34-22-25-14-10-8-11-15-25/h8,10-11,14-15,17-20,31H,3-7,9,12-13,16,21-22H2,1-2H3/p-1/b28-27+. The van der Waals surface area contributed by atoms with E-state index in [1.54, 1.807) is 12.1 Å². The fourth-order valence-electron chi connectivity index (χ4n) is 3.66. The monoisotopic (exact) mass is 465 g/mol. The van der Waals surface area contributed by atoms with E-state index in [2.05, 4.69) is 19.1 Å². The van der Waals surface area contributed by atoms with Gasteiger partial charge in [-0.15, -0.1) is 5.76 Å². The van der Waals surface area contributed by atoms with Gasteiger partial charge in [0.05, 0.1) is 12.2 Å². The van der Waals surface area contributed by atoms with Crippen LogP contribution in [0.1, 0.15) is 76.3 Å². The van der Waals surface area contributed by atoms with E-state index in [0.29, 0.717) is 13.0 Å². The second-order valence-corrected chi connectivity index (χ2v) is 8.53. The molecule has 0 unspecified atom stereocenters. The first kappa shape index (κ1) is 27.2. The van der Waals surface area contributed by atoms with Crippen LogP contribution in [0.5, 0.6) is 5.75 Å². The molecule has 0 spiro atoms. The van der Waals surface area contributed by atoms with E-state index in [1.807, 2.05) is 30.3 Å². The number of carbonyl (C=O) groups is 2. The minimum Gasteiger partial charge on any atom is -0.875 e. The molecule has 0 bridgehead atoms. The fraction of sp³-hybridized carbons (Fsp3) is 0.448. The van der Waals surface area contributed by atoms with E-state index in [-0.39, 0.29) is 13.0 Å². The van der Waals surface area contributed by atoms with Gasteiger partial charge in [-0.1, -0.05) is 81.5 Å². The Labute approximate surface area is 203 Å². The molecule has 0 fully saturated rings. The summed E-state index contributed by atoms with van der Waals surface area (Å²) in [6.07, 6.45) is 9.22. The maximum atomic E-state index is 12.5. The number of hydrogen-bond donors (Lipinski definition) is 0. The first-order valence-corrected chi connectivity index (χ1v) is 12.3. The summed E-state index contributed by atoms with van der Waals surface area (Å²) >= 11 is 0. The average Bonchev–Trinajstić information content (AvgIpc) is 2.84. The van der Waals surface area contributed by atoms with Crippen LogP contribution in [0.25, 0.3) is 0 Å². The van der Waals surface area contributed by atoms with Gasteiger partial charge in [-0.2, -0.15) is 0 Å². The number of esters is 1. The third-order valence-corrected chi connectivity index (χ3v) is 5.61. The van der Waals surface area contributed by atoms with E-state index in [9.17, 15) is 14.7 Å². The number of unbranched alkanes of at least 4 members (excludes halogenated alkanes) is 5. The quantitative estimate of drug-likeness (QED) is 0.0794. The summed E-state index contributed by atoms with van der Waals surface area (Å²) in [6, 6.07) is 17.2. The number of allylic oxidation sites excluding steroid dienone is 1. The molecule has 0 heterocycles. The van der Waals surface area contributed by atoms with E-state index in [0.717, 1.165) is 17.7 Å². The van der Waals surface area contributed by atoms with Crippen LogP contribution in [0.3, 0.4) is 0 Å². The second kappa shape index (κ2) is 15.7. The van der Waals surface area contributed by atoms with Crippen LogP contribution >= 0.6 is 0 Å². The molecule has 2 rings (SSSR count). The van der Waals surface area contributed by atoms with Gasteiger partial charge in [-0.05, 0) is 55.9 Å². The highest BCUT2D eigenvalue weighted by molar-refractivity contribution is 6.16. The summed E-state index contributed by atoms with van der Waals surface area (Å²) in [6.45, 7) is 3.78. The van der Waals surface area contributed by atoms with Crippen molar-refractivity contribution >= 4 is 11.8 Å². The fourth-order valence-corrected chi connectivity index (χ4v) is 3.66. The molecule has 0 radical (unpaired) electrons.